The molecule has 4 N–H and O–H groups in total. The molecule has 0 radical (unpaired) electrons. The highest BCUT2D eigenvalue weighted by atomic mass is 32.2. The van der Waals surface area contributed by atoms with Gasteiger partial charge in [-0.3, -0.25) is 4.79 Å². The maximum Gasteiger partial charge on any atom is 0.237 e. The van der Waals surface area contributed by atoms with Gasteiger partial charge >= 0.3 is 0 Å². The van der Waals surface area contributed by atoms with Crippen molar-refractivity contribution in [3.63, 3.8) is 0 Å². The van der Waals surface area contributed by atoms with E-state index in [0.29, 0.717) is 6.42 Å². The zero-order chi connectivity index (χ0) is 13.6. The molecule has 1 amide bonds. The average Bonchev–Trinajstić information content (AvgIpc) is 2.28. The Hall–Kier alpha value is -1.00. The van der Waals surface area contributed by atoms with Crippen LogP contribution in [0.1, 0.15) is 30.9 Å². The molecular weight excluding hydrogens is 244 g/mol. The molecule has 1 rings (SSSR count). The summed E-state index contributed by atoms with van der Waals surface area (Å²) >= 11 is 1.86. The minimum absolute atomic E-state index is 0.425. The van der Waals surface area contributed by atoms with Crippen LogP contribution in [0.4, 0.5) is 0 Å². The van der Waals surface area contributed by atoms with Crippen molar-refractivity contribution in [3.8, 4) is 0 Å². The van der Waals surface area contributed by atoms with Gasteiger partial charge in [0.05, 0.1) is 5.54 Å². The molecule has 100 valence electrons. The van der Waals surface area contributed by atoms with Crippen LogP contribution in [0.2, 0.25) is 0 Å². The number of hydrogen-bond acceptors (Lipinski definition) is 3. The number of primary amides is 1. The zero-order valence-corrected chi connectivity index (χ0v) is 11.9. The molecule has 0 aliphatic heterocycles. The van der Waals surface area contributed by atoms with Crippen LogP contribution in [0.5, 0.6) is 0 Å². The molecule has 0 bridgehead atoms. The van der Waals surface area contributed by atoms with Crippen molar-refractivity contribution in [2.24, 2.45) is 11.5 Å². The van der Waals surface area contributed by atoms with Gasteiger partial charge in [-0.2, -0.15) is 11.8 Å². The van der Waals surface area contributed by atoms with Crippen LogP contribution in [-0.2, 0) is 10.5 Å². The quantitative estimate of drug-likeness (QED) is 0.743. The summed E-state index contributed by atoms with van der Waals surface area (Å²) in [6.45, 7) is 3.79. The summed E-state index contributed by atoms with van der Waals surface area (Å²) in [4.78, 5) is 11.0. The van der Waals surface area contributed by atoms with E-state index in [9.17, 15) is 4.79 Å². The fraction of sp³-hybridized carbons (Fsp3) is 0.500. The molecule has 0 spiro atoms. The van der Waals surface area contributed by atoms with Gasteiger partial charge < -0.3 is 11.5 Å². The highest BCUT2D eigenvalue weighted by Gasteiger charge is 2.24. The van der Waals surface area contributed by atoms with E-state index in [1.54, 1.807) is 6.92 Å². The van der Waals surface area contributed by atoms with Crippen LogP contribution in [0.15, 0.2) is 24.3 Å². The first-order valence-electron chi connectivity index (χ1n) is 6.14. The molecule has 1 aromatic carbocycles. The van der Waals surface area contributed by atoms with Crippen molar-refractivity contribution in [2.75, 3.05) is 5.75 Å². The monoisotopic (exact) mass is 266 g/mol. The van der Waals surface area contributed by atoms with E-state index in [1.165, 1.54) is 11.1 Å². The predicted molar refractivity (Wildman–Crippen MR) is 78.4 cm³/mol. The summed E-state index contributed by atoms with van der Waals surface area (Å²) < 4.78 is 0. The topological polar surface area (TPSA) is 69.1 Å². The van der Waals surface area contributed by atoms with E-state index in [0.717, 1.165) is 17.9 Å². The fourth-order valence-corrected chi connectivity index (χ4v) is 2.56. The third-order valence-corrected chi connectivity index (χ3v) is 4.01. The zero-order valence-electron chi connectivity index (χ0n) is 11.1. The number of carbonyl (C=O) groups is 1. The van der Waals surface area contributed by atoms with E-state index in [4.69, 9.17) is 11.5 Å². The number of amides is 1. The Kier molecular flexibility index (Phi) is 5.69. The van der Waals surface area contributed by atoms with E-state index >= 15 is 0 Å². The molecule has 0 heterocycles. The Labute approximate surface area is 113 Å². The number of thioether (sulfide) groups is 1. The minimum atomic E-state index is -0.871. The van der Waals surface area contributed by atoms with Gasteiger partial charge in [-0.15, -0.1) is 0 Å². The number of nitrogens with two attached hydrogens (primary N) is 2. The van der Waals surface area contributed by atoms with Crippen LogP contribution in [0.25, 0.3) is 0 Å². The normalized spacial score (nSPS) is 14.2. The van der Waals surface area contributed by atoms with Gasteiger partial charge in [0.1, 0.15) is 0 Å². The van der Waals surface area contributed by atoms with Gasteiger partial charge in [-0.05, 0) is 38.0 Å². The van der Waals surface area contributed by atoms with Crippen molar-refractivity contribution < 1.29 is 4.79 Å². The summed E-state index contributed by atoms with van der Waals surface area (Å²) in [6, 6.07) is 8.51. The van der Waals surface area contributed by atoms with Gasteiger partial charge in [-0.25, -0.2) is 0 Å². The molecule has 0 fully saturated rings. The van der Waals surface area contributed by atoms with Crippen molar-refractivity contribution in [3.05, 3.63) is 35.4 Å². The Bertz CT molecular complexity index is 405. The van der Waals surface area contributed by atoms with Crippen LogP contribution >= 0.6 is 11.8 Å². The maximum atomic E-state index is 11.0. The minimum Gasteiger partial charge on any atom is -0.368 e. The van der Waals surface area contributed by atoms with Crippen molar-refractivity contribution >= 4 is 17.7 Å². The highest BCUT2D eigenvalue weighted by molar-refractivity contribution is 7.98. The van der Waals surface area contributed by atoms with Gasteiger partial charge in [-0.1, -0.05) is 29.8 Å². The van der Waals surface area contributed by atoms with Gasteiger partial charge in [0, 0.05) is 5.75 Å². The standard InChI is InChI=1S/C14H22N2OS/c1-11-5-3-6-12(9-11)10-18-8-4-7-14(2,16)13(15)17/h3,5-6,9H,4,7-8,10,16H2,1-2H3,(H2,15,17). The van der Waals surface area contributed by atoms with Crippen molar-refractivity contribution in [1.82, 2.24) is 0 Å². The summed E-state index contributed by atoms with van der Waals surface area (Å²) in [6.07, 6.45) is 1.55. The van der Waals surface area contributed by atoms with Crippen molar-refractivity contribution in [2.45, 2.75) is 38.0 Å². The molecule has 0 aromatic heterocycles. The van der Waals surface area contributed by atoms with Gasteiger partial charge in [0.25, 0.3) is 0 Å². The second-order valence-electron chi connectivity index (χ2n) is 4.93. The fourth-order valence-electron chi connectivity index (χ4n) is 1.66. The lowest BCUT2D eigenvalue weighted by molar-refractivity contribution is -0.122. The summed E-state index contributed by atoms with van der Waals surface area (Å²) in [5.41, 5.74) is 12.8. The molecule has 1 atom stereocenters. The molecule has 0 saturated heterocycles. The molecule has 4 heteroatoms. The second-order valence-corrected chi connectivity index (χ2v) is 6.03. The molecule has 0 aliphatic rings. The number of benzene rings is 1. The molecule has 3 nitrogen and oxygen atoms in total. The average molecular weight is 266 g/mol. The highest BCUT2D eigenvalue weighted by Crippen LogP contribution is 2.17. The van der Waals surface area contributed by atoms with Crippen LogP contribution in [-0.4, -0.2) is 17.2 Å². The number of aryl methyl sites for hydroxylation is 1. The summed E-state index contributed by atoms with van der Waals surface area (Å²) in [5, 5.41) is 0. The molecular formula is C14H22N2OS. The SMILES string of the molecule is Cc1cccc(CSCCCC(C)(N)C(N)=O)c1. The predicted octanol–water partition coefficient (Wildman–Crippen LogP) is 2.21. The van der Waals surface area contributed by atoms with Crippen LogP contribution < -0.4 is 11.5 Å². The Morgan fingerprint density at radius 3 is 2.78 bits per heavy atom. The molecule has 0 saturated carbocycles. The Morgan fingerprint density at radius 1 is 1.44 bits per heavy atom. The van der Waals surface area contributed by atoms with E-state index in [1.807, 2.05) is 11.8 Å². The summed E-state index contributed by atoms with van der Waals surface area (Å²) in [7, 11) is 0. The first-order valence-corrected chi connectivity index (χ1v) is 7.29. The molecule has 1 unspecified atom stereocenters. The smallest absolute Gasteiger partial charge is 0.237 e. The van der Waals surface area contributed by atoms with Crippen LogP contribution in [0, 0.1) is 6.92 Å². The van der Waals surface area contributed by atoms with E-state index in [-0.39, 0.29) is 0 Å². The second kappa shape index (κ2) is 6.81. The maximum absolute atomic E-state index is 11.0. The lowest BCUT2D eigenvalue weighted by Crippen LogP contribution is -2.49. The van der Waals surface area contributed by atoms with E-state index in [2.05, 4.69) is 31.2 Å². The van der Waals surface area contributed by atoms with E-state index < -0.39 is 11.4 Å². The third-order valence-electron chi connectivity index (χ3n) is 2.90. The van der Waals surface area contributed by atoms with Gasteiger partial charge in [0.15, 0.2) is 0 Å². The number of carbonyl (C=O) groups excluding carboxylic acids is 1. The largest absolute Gasteiger partial charge is 0.368 e. The summed E-state index contributed by atoms with van der Waals surface area (Å²) in [5.74, 6) is 1.57. The van der Waals surface area contributed by atoms with Crippen molar-refractivity contribution in [1.29, 1.82) is 0 Å². The first-order chi connectivity index (χ1) is 8.42. The molecule has 1 aromatic rings. The number of hydrogen-bond donors (Lipinski definition) is 2. The molecule has 18 heavy (non-hydrogen) atoms. The first kappa shape index (κ1) is 15.1. The van der Waals surface area contributed by atoms with Gasteiger partial charge in [0.2, 0.25) is 5.91 Å². The third kappa shape index (κ3) is 5.10. The number of rotatable bonds is 7. The molecule has 0 aliphatic carbocycles. The lowest BCUT2D eigenvalue weighted by Gasteiger charge is -2.19. The van der Waals surface area contributed by atoms with Crippen LogP contribution in [0.3, 0.4) is 0 Å². The Balaban J connectivity index is 2.22. The Morgan fingerprint density at radius 2 is 2.17 bits per heavy atom. The lowest BCUT2D eigenvalue weighted by atomic mass is 9.97.